The largest absolute Gasteiger partial charge is 0.396 e. The zero-order chi connectivity index (χ0) is 5.86. The quantitative estimate of drug-likeness (QED) is 0.519. The van der Waals surface area contributed by atoms with E-state index in [0.29, 0.717) is 11.2 Å². The van der Waals surface area contributed by atoms with Crippen molar-refractivity contribution in [2.45, 2.75) is 19.1 Å². The lowest BCUT2D eigenvalue weighted by Crippen LogP contribution is -2.10. The second-order valence-corrected chi connectivity index (χ2v) is 2.72. The lowest BCUT2D eigenvalue weighted by atomic mass is 10.1. The SMILES string of the molecule is CC(CO)[C@H](C)S. The smallest absolute Gasteiger partial charge is 0.0467 e. The van der Waals surface area contributed by atoms with Gasteiger partial charge in [-0.25, -0.2) is 0 Å². The van der Waals surface area contributed by atoms with Gasteiger partial charge in [0.25, 0.3) is 0 Å². The van der Waals surface area contributed by atoms with E-state index < -0.39 is 0 Å². The minimum absolute atomic E-state index is 0.241. The molecule has 0 aromatic rings. The fourth-order valence-electron chi connectivity index (χ4n) is 0.153. The third-order valence-corrected chi connectivity index (χ3v) is 1.62. The van der Waals surface area contributed by atoms with Crippen LogP contribution in [-0.4, -0.2) is 17.0 Å². The Hall–Kier alpha value is 0.310. The molecular formula is C5H12OS. The maximum atomic E-state index is 8.46. The summed E-state index contributed by atoms with van der Waals surface area (Å²) in [6, 6.07) is 0. The van der Waals surface area contributed by atoms with E-state index >= 15 is 0 Å². The molecule has 2 heteroatoms. The molecule has 0 fully saturated rings. The van der Waals surface area contributed by atoms with E-state index in [9.17, 15) is 0 Å². The zero-order valence-electron chi connectivity index (χ0n) is 4.76. The van der Waals surface area contributed by atoms with E-state index in [1.165, 1.54) is 0 Å². The molecule has 0 heterocycles. The molecule has 0 bridgehead atoms. The van der Waals surface area contributed by atoms with Crippen molar-refractivity contribution in [2.75, 3.05) is 6.61 Å². The van der Waals surface area contributed by atoms with Crippen LogP contribution in [0.1, 0.15) is 13.8 Å². The van der Waals surface area contributed by atoms with Crippen LogP contribution >= 0.6 is 12.6 Å². The monoisotopic (exact) mass is 120 g/mol. The van der Waals surface area contributed by atoms with Gasteiger partial charge in [0.15, 0.2) is 0 Å². The van der Waals surface area contributed by atoms with Gasteiger partial charge < -0.3 is 5.11 Å². The minimum Gasteiger partial charge on any atom is -0.396 e. The summed E-state index contributed by atoms with van der Waals surface area (Å²) in [4.78, 5) is 0. The molecule has 1 unspecified atom stereocenters. The number of aliphatic hydroxyl groups is 1. The Kier molecular flexibility index (Phi) is 3.48. The number of aliphatic hydroxyl groups excluding tert-OH is 1. The molecule has 0 saturated carbocycles. The van der Waals surface area contributed by atoms with Crippen LogP contribution in [-0.2, 0) is 0 Å². The average molecular weight is 120 g/mol. The van der Waals surface area contributed by atoms with Crippen molar-refractivity contribution in [3.8, 4) is 0 Å². The van der Waals surface area contributed by atoms with Crippen molar-refractivity contribution in [1.29, 1.82) is 0 Å². The van der Waals surface area contributed by atoms with Crippen LogP contribution in [0.3, 0.4) is 0 Å². The molecule has 0 aromatic heterocycles. The Bertz CT molecular complexity index is 45.3. The first-order valence-corrected chi connectivity index (χ1v) is 2.99. The summed E-state index contributed by atoms with van der Waals surface area (Å²) in [5.74, 6) is 0.323. The lowest BCUT2D eigenvalue weighted by molar-refractivity contribution is 0.238. The minimum atomic E-state index is 0.241. The van der Waals surface area contributed by atoms with E-state index in [2.05, 4.69) is 12.6 Å². The summed E-state index contributed by atoms with van der Waals surface area (Å²) in [6.07, 6.45) is 0. The Morgan fingerprint density at radius 2 is 2.00 bits per heavy atom. The highest BCUT2D eigenvalue weighted by Gasteiger charge is 2.03. The first kappa shape index (κ1) is 7.31. The van der Waals surface area contributed by atoms with Gasteiger partial charge in [-0.05, 0) is 5.92 Å². The van der Waals surface area contributed by atoms with Gasteiger partial charge in [0, 0.05) is 11.9 Å². The highest BCUT2D eigenvalue weighted by atomic mass is 32.1. The van der Waals surface area contributed by atoms with Gasteiger partial charge >= 0.3 is 0 Å². The number of thiol groups is 1. The van der Waals surface area contributed by atoms with Crippen LogP contribution in [0.15, 0.2) is 0 Å². The van der Waals surface area contributed by atoms with E-state index in [-0.39, 0.29) is 6.61 Å². The Morgan fingerprint density at radius 1 is 1.57 bits per heavy atom. The molecule has 7 heavy (non-hydrogen) atoms. The van der Waals surface area contributed by atoms with E-state index in [1.54, 1.807) is 0 Å². The summed E-state index contributed by atoms with van der Waals surface area (Å²) < 4.78 is 0. The van der Waals surface area contributed by atoms with Gasteiger partial charge in [-0.2, -0.15) is 12.6 Å². The molecule has 0 spiro atoms. The highest BCUT2D eigenvalue weighted by molar-refractivity contribution is 7.80. The number of rotatable bonds is 2. The van der Waals surface area contributed by atoms with Crippen molar-refractivity contribution in [3.05, 3.63) is 0 Å². The van der Waals surface area contributed by atoms with E-state index in [4.69, 9.17) is 5.11 Å². The van der Waals surface area contributed by atoms with Gasteiger partial charge in [-0.15, -0.1) is 0 Å². The Labute approximate surface area is 50.1 Å². The van der Waals surface area contributed by atoms with Crippen LogP contribution in [0.25, 0.3) is 0 Å². The van der Waals surface area contributed by atoms with Gasteiger partial charge in [-0.1, -0.05) is 13.8 Å². The van der Waals surface area contributed by atoms with Crippen molar-refractivity contribution < 1.29 is 5.11 Å². The second-order valence-electron chi connectivity index (χ2n) is 1.90. The predicted molar refractivity (Wildman–Crippen MR) is 34.7 cm³/mol. The molecule has 0 saturated heterocycles. The molecule has 0 rings (SSSR count). The molecular weight excluding hydrogens is 108 g/mol. The summed E-state index contributed by atoms with van der Waals surface area (Å²) in [5, 5.41) is 8.77. The lowest BCUT2D eigenvalue weighted by Gasteiger charge is -2.08. The van der Waals surface area contributed by atoms with Crippen LogP contribution in [0.4, 0.5) is 0 Å². The second kappa shape index (κ2) is 3.33. The maximum Gasteiger partial charge on any atom is 0.0467 e. The standard InChI is InChI=1S/C5H12OS/c1-4(3-6)5(2)7/h4-7H,3H2,1-2H3/t4?,5-/m0/s1. The third-order valence-electron chi connectivity index (χ3n) is 1.11. The van der Waals surface area contributed by atoms with Gasteiger partial charge in [0.05, 0.1) is 0 Å². The molecule has 1 N–H and O–H groups in total. The average Bonchev–Trinajstić information content (AvgIpc) is 1.65. The van der Waals surface area contributed by atoms with Gasteiger partial charge in [-0.3, -0.25) is 0 Å². The van der Waals surface area contributed by atoms with Crippen molar-refractivity contribution in [1.82, 2.24) is 0 Å². The molecule has 0 amide bonds. The van der Waals surface area contributed by atoms with E-state index in [1.807, 2.05) is 13.8 Å². The van der Waals surface area contributed by atoms with Crippen LogP contribution in [0.5, 0.6) is 0 Å². The van der Waals surface area contributed by atoms with Crippen molar-refractivity contribution >= 4 is 12.6 Å². The Balaban J connectivity index is 3.14. The molecule has 0 aliphatic rings. The summed E-state index contributed by atoms with van der Waals surface area (Å²) in [6.45, 7) is 4.19. The normalized spacial score (nSPS) is 18.9. The van der Waals surface area contributed by atoms with Crippen LogP contribution < -0.4 is 0 Å². The van der Waals surface area contributed by atoms with Crippen molar-refractivity contribution in [3.63, 3.8) is 0 Å². The third kappa shape index (κ3) is 2.94. The molecule has 44 valence electrons. The highest BCUT2D eigenvalue weighted by Crippen LogP contribution is 2.05. The first-order valence-electron chi connectivity index (χ1n) is 2.47. The summed E-state index contributed by atoms with van der Waals surface area (Å²) >= 11 is 4.11. The van der Waals surface area contributed by atoms with Crippen LogP contribution in [0.2, 0.25) is 0 Å². The fourth-order valence-corrected chi connectivity index (χ4v) is 0.247. The molecule has 1 nitrogen and oxygen atoms in total. The first-order chi connectivity index (χ1) is 3.18. The molecule has 0 aliphatic carbocycles. The molecule has 0 radical (unpaired) electrons. The zero-order valence-corrected chi connectivity index (χ0v) is 5.65. The van der Waals surface area contributed by atoms with Gasteiger partial charge in [0.1, 0.15) is 0 Å². The topological polar surface area (TPSA) is 20.2 Å². The van der Waals surface area contributed by atoms with Crippen molar-refractivity contribution in [2.24, 2.45) is 5.92 Å². The number of hydrogen-bond donors (Lipinski definition) is 2. The molecule has 0 aliphatic heterocycles. The summed E-state index contributed by atoms with van der Waals surface area (Å²) in [7, 11) is 0. The fraction of sp³-hybridized carbons (Fsp3) is 1.00. The predicted octanol–water partition coefficient (Wildman–Crippen LogP) is 0.933. The van der Waals surface area contributed by atoms with Crippen LogP contribution in [0, 0.1) is 5.92 Å². The molecule has 0 aromatic carbocycles. The maximum absolute atomic E-state index is 8.46. The van der Waals surface area contributed by atoms with Gasteiger partial charge in [0.2, 0.25) is 0 Å². The number of hydrogen-bond acceptors (Lipinski definition) is 2. The Morgan fingerprint density at radius 3 is 2.00 bits per heavy atom. The molecule has 2 atom stereocenters. The summed E-state index contributed by atoms with van der Waals surface area (Å²) in [5.41, 5.74) is 0. The van der Waals surface area contributed by atoms with E-state index in [0.717, 1.165) is 0 Å².